The zero-order valence-corrected chi connectivity index (χ0v) is 13.0. The van der Waals surface area contributed by atoms with Crippen LogP contribution < -0.4 is 5.32 Å². The number of carbonyl (C=O) groups excluding carboxylic acids is 1. The van der Waals surface area contributed by atoms with Crippen molar-refractivity contribution in [2.45, 2.75) is 12.8 Å². The van der Waals surface area contributed by atoms with Gasteiger partial charge in [0, 0.05) is 23.3 Å². The van der Waals surface area contributed by atoms with E-state index in [1.54, 1.807) is 42.6 Å². The van der Waals surface area contributed by atoms with Crippen molar-refractivity contribution in [1.82, 2.24) is 0 Å². The lowest BCUT2D eigenvalue weighted by molar-refractivity contribution is -0.138. The van der Waals surface area contributed by atoms with E-state index in [9.17, 15) is 9.59 Å². The molecule has 2 aromatic rings. The first-order valence-electron chi connectivity index (χ1n) is 6.94. The number of nitrogens with zero attached hydrogens (tertiary/aromatic N) is 1. The number of anilines is 1. The van der Waals surface area contributed by atoms with Crippen LogP contribution in [0.15, 0.2) is 53.5 Å². The summed E-state index contributed by atoms with van der Waals surface area (Å²) in [6, 6.07) is 14.3. The van der Waals surface area contributed by atoms with Crippen molar-refractivity contribution in [3.05, 3.63) is 59.1 Å². The number of nitrogens with one attached hydrogen (secondary N) is 1. The second-order valence-corrected chi connectivity index (χ2v) is 5.23. The Morgan fingerprint density at radius 3 is 2.30 bits per heavy atom. The van der Waals surface area contributed by atoms with Crippen LogP contribution in [0.2, 0.25) is 5.02 Å². The van der Waals surface area contributed by atoms with Crippen molar-refractivity contribution in [2.75, 3.05) is 5.32 Å². The Morgan fingerprint density at radius 2 is 1.70 bits per heavy atom. The van der Waals surface area contributed by atoms with Crippen LogP contribution in [0.4, 0.5) is 11.4 Å². The van der Waals surface area contributed by atoms with E-state index >= 15 is 0 Å². The predicted octanol–water partition coefficient (Wildman–Crippen LogP) is 3.89. The summed E-state index contributed by atoms with van der Waals surface area (Å²) in [5.74, 6) is -1.32. The minimum atomic E-state index is -0.993. The lowest BCUT2D eigenvalue weighted by Crippen LogP contribution is -2.12. The maximum atomic E-state index is 11.5. The lowest BCUT2D eigenvalue weighted by Gasteiger charge is -2.04. The van der Waals surface area contributed by atoms with Gasteiger partial charge in [-0.05, 0) is 42.0 Å². The first kappa shape index (κ1) is 16.7. The minimum absolute atomic E-state index is 0.0498. The summed E-state index contributed by atoms with van der Waals surface area (Å²) in [6.45, 7) is 0. The third kappa shape index (κ3) is 5.92. The average molecular weight is 331 g/mol. The highest BCUT2D eigenvalue weighted by atomic mass is 35.5. The Bertz CT molecular complexity index is 710. The van der Waals surface area contributed by atoms with Crippen LogP contribution in [0.5, 0.6) is 0 Å². The van der Waals surface area contributed by atoms with Crippen LogP contribution in [0.1, 0.15) is 18.4 Å². The van der Waals surface area contributed by atoms with Crippen molar-refractivity contribution in [2.24, 2.45) is 4.99 Å². The third-order valence-electron chi connectivity index (χ3n) is 2.95. The Hall–Kier alpha value is -2.66. The Labute approximate surface area is 138 Å². The van der Waals surface area contributed by atoms with Gasteiger partial charge in [-0.2, -0.15) is 0 Å². The second-order valence-electron chi connectivity index (χ2n) is 4.80. The van der Waals surface area contributed by atoms with E-state index < -0.39 is 5.97 Å². The Balaban J connectivity index is 1.92. The zero-order chi connectivity index (χ0) is 16.7. The van der Waals surface area contributed by atoms with Gasteiger partial charge in [-0.15, -0.1) is 0 Å². The van der Waals surface area contributed by atoms with E-state index in [2.05, 4.69) is 10.3 Å². The van der Waals surface area contributed by atoms with Crippen LogP contribution in [-0.2, 0) is 9.59 Å². The van der Waals surface area contributed by atoms with E-state index in [0.717, 1.165) is 11.3 Å². The number of benzene rings is 2. The van der Waals surface area contributed by atoms with Crippen molar-refractivity contribution in [3.8, 4) is 0 Å². The summed E-state index contributed by atoms with van der Waals surface area (Å²) >= 11 is 5.82. The van der Waals surface area contributed by atoms with E-state index in [1.807, 2.05) is 12.1 Å². The summed E-state index contributed by atoms with van der Waals surface area (Å²) in [5, 5.41) is 11.8. The average Bonchev–Trinajstić information content (AvgIpc) is 2.54. The van der Waals surface area contributed by atoms with Gasteiger partial charge in [-0.1, -0.05) is 23.7 Å². The molecule has 0 aliphatic carbocycles. The summed E-state index contributed by atoms with van der Waals surface area (Å²) in [5.41, 5.74) is 2.27. The van der Waals surface area contributed by atoms with E-state index in [1.165, 1.54) is 0 Å². The lowest BCUT2D eigenvalue weighted by atomic mass is 10.2. The molecular formula is C17H15ClN2O3. The summed E-state index contributed by atoms with van der Waals surface area (Å²) < 4.78 is 0. The Morgan fingerprint density at radius 1 is 1.04 bits per heavy atom. The smallest absolute Gasteiger partial charge is 0.303 e. The van der Waals surface area contributed by atoms with Crippen LogP contribution >= 0.6 is 11.6 Å². The second kappa shape index (κ2) is 8.10. The molecule has 2 aromatic carbocycles. The molecule has 0 radical (unpaired) electrons. The maximum Gasteiger partial charge on any atom is 0.303 e. The number of amides is 1. The fraction of sp³-hybridized carbons (Fsp3) is 0.118. The van der Waals surface area contributed by atoms with Gasteiger partial charge in [-0.3, -0.25) is 14.6 Å². The first-order valence-corrected chi connectivity index (χ1v) is 7.32. The number of halogens is 1. The first-order chi connectivity index (χ1) is 11.0. The third-order valence-corrected chi connectivity index (χ3v) is 3.20. The van der Waals surface area contributed by atoms with Crippen molar-refractivity contribution in [3.63, 3.8) is 0 Å². The highest BCUT2D eigenvalue weighted by molar-refractivity contribution is 6.30. The number of carboxylic acids is 1. The molecule has 2 rings (SSSR count). The number of carboxylic acid groups (broad SMARTS) is 1. The van der Waals surface area contributed by atoms with Gasteiger partial charge < -0.3 is 10.4 Å². The zero-order valence-electron chi connectivity index (χ0n) is 12.2. The van der Waals surface area contributed by atoms with Crippen molar-refractivity contribution < 1.29 is 14.7 Å². The number of hydrogen-bond acceptors (Lipinski definition) is 3. The van der Waals surface area contributed by atoms with Crippen LogP contribution in [0, 0.1) is 0 Å². The number of carbonyl (C=O) groups is 2. The fourth-order valence-corrected chi connectivity index (χ4v) is 1.90. The molecule has 1 amide bonds. The van der Waals surface area contributed by atoms with Crippen LogP contribution in [0.25, 0.3) is 0 Å². The maximum absolute atomic E-state index is 11.5. The minimum Gasteiger partial charge on any atom is -0.481 e. The van der Waals surface area contributed by atoms with Gasteiger partial charge >= 0.3 is 5.97 Å². The largest absolute Gasteiger partial charge is 0.481 e. The topological polar surface area (TPSA) is 78.8 Å². The van der Waals surface area contributed by atoms with E-state index in [4.69, 9.17) is 16.7 Å². The molecule has 0 saturated carbocycles. The molecule has 23 heavy (non-hydrogen) atoms. The van der Waals surface area contributed by atoms with Gasteiger partial charge in [0.05, 0.1) is 12.1 Å². The number of aliphatic imine (C=N–C) groups is 1. The van der Waals surface area contributed by atoms with Crippen molar-refractivity contribution >= 4 is 41.1 Å². The number of hydrogen-bond donors (Lipinski definition) is 2. The van der Waals surface area contributed by atoms with Gasteiger partial charge in [0.15, 0.2) is 0 Å². The highest BCUT2D eigenvalue weighted by Crippen LogP contribution is 2.17. The van der Waals surface area contributed by atoms with Crippen LogP contribution in [-0.4, -0.2) is 23.2 Å². The monoisotopic (exact) mass is 330 g/mol. The summed E-state index contributed by atoms with van der Waals surface area (Å²) in [4.78, 5) is 26.3. The molecule has 118 valence electrons. The predicted molar refractivity (Wildman–Crippen MR) is 90.6 cm³/mol. The number of rotatable bonds is 6. The molecule has 2 N–H and O–H groups in total. The highest BCUT2D eigenvalue weighted by Gasteiger charge is 2.05. The molecule has 0 fully saturated rings. The molecular weight excluding hydrogens is 316 g/mol. The molecule has 0 atom stereocenters. The Kier molecular flexibility index (Phi) is 5.88. The summed E-state index contributed by atoms with van der Waals surface area (Å²) in [6.07, 6.45) is 1.48. The molecule has 0 spiro atoms. The van der Waals surface area contributed by atoms with Crippen molar-refractivity contribution in [1.29, 1.82) is 0 Å². The molecule has 0 bridgehead atoms. The fourth-order valence-electron chi connectivity index (χ4n) is 1.77. The van der Waals surface area contributed by atoms with Crippen LogP contribution in [0.3, 0.4) is 0 Å². The standard InChI is InChI=1S/C17H15ClN2O3/c18-13-3-1-12(2-4-13)11-19-14-5-7-15(8-6-14)20-16(21)9-10-17(22)23/h1-8,11H,9-10H2,(H,20,21)(H,22,23). The van der Waals surface area contributed by atoms with E-state index in [-0.39, 0.29) is 18.7 Å². The molecule has 0 aromatic heterocycles. The molecule has 0 aliphatic rings. The normalized spacial score (nSPS) is 10.7. The van der Waals surface area contributed by atoms with Gasteiger partial charge in [0.1, 0.15) is 0 Å². The molecule has 0 saturated heterocycles. The molecule has 6 heteroatoms. The SMILES string of the molecule is O=C(O)CCC(=O)Nc1ccc(N=Cc2ccc(Cl)cc2)cc1. The quantitative estimate of drug-likeness (QED) is 0.788. The van der Waals surface area contributed by atoms with Gasteiger partial charge in [0.25, 0.3) is 0 Å². The molecule has 0 aliphatic heterocycles. The van der Waals surface area contributed by atoms with Gasteiger partial charge in [-0.25, -0.2) is 0 Å². The molecule has 0 heterocycles. The summed E-state index contributed by atoms with van der Waals surface area (Å²) in [7, 11) is 0. The molecule has 0 unspecified atom stereocenters. The molecule has 5 nitrogen and oxygen atoms in total. The number of aliphatic carboxylic acids is 1. The van der Waals surface area contributed by atoms with Gasteiger partial charge in [0.2, 0.25) is 5.91 Å². The van der Waals surface area contributed by atoms with E-state index in [0.29, 0.717) is 10.7 Å².